The fourth-order valence-electron chi connectivity index (χ4n) is 3.54. The summed E-state index contributed by atoms with van der Waals surface area (Å²) in [6.07, 6.45) is 0. The Labute approximate surface area is 183 Å². The van der Waals surface area contributed by atoms with Crippen LogP contribution in [0.4, 0.5) is 4.39 Å². The number of rotatable bonds is 6. The normalized spacial score (nSPS) is 14.6. The number of likely N-dealkylation sites (tertiary alicyclic amines) is 1. The van der Waals surface area contributed by atoms with E-state index in [0.29, 0.717) is 16.3 Å². The highest BCUT2D eigenvalue weighted by molar-refractivity contribution is 6.33. The third-order valence-corrected chi connectivity index (χ3v) is 5.70. The van der Waals surface area contributed by atoms with Crippen molar-refractivity contribution in [3.8, 4) is 16.9 Å². The van der Waals surface area contributed by atoms with Gasteiger partial charge in [-0.25, -0.2) is 4.39 Å². The lowest BCUT2D eigenvalue weighted by atomic mass is 9.80. The Morgan fingerprint density at radius 1 is 1.00 bits per heavy atom. The lowest BCUT2D eigenvalue weighted by molar-refractivity contribution is -0.161. The number of carbonyl (C=O) groups excluding carboxylic acids is 1. The molecule has 0 aromatic heterocycles. The molecule has 31 heavy (non-hydrogen) atoms. The van der Waals surface area contributed by atoms with Crippen molar-refractivity contribution in [1.82, 2.24) is 4.90 Å². The molecule has 1 heterocycles. The van der Waals surface area contributed by atoms with Crippen molar-refractivity contribution in [2.75, 3.05) is 19.7 Å². The Bertz CT molecular complexity index is 1110. The number of carbonyl (C=O) groups is 2. The Morgan fingerprint density at radius 3 is 2.26 bits per heavy atom. The maximum Gasteiger partial charge on any atom is 0.316 e. The van der Waals surface area contributed by atoms with Crippen LogP contribution in [0.5, 0.6) is 5.75 Å². The third-order valence-electron chi connectivity index (χ3n) is 5.37. The molecule has 0 saturated carbocycles. The second-order valence-electron chi connectivity index (χ2n) is 7.55. The molecule has 1 aliphatic heterocycles. The summed E-state index contributed by atoms with van der Waals surface area (Å²) >= 11 is 6.22. The van der Waals surface area contributed by atoms with E-state index in [1.165, 1.54) is 29.2 Å². The summed E-state index contributed by atoms with van der Waals surface area (Å²) in [7, 11) is 0. The third kappa shape index (κ3) is 4.25. The zero-order chi connectivity index (χ0) is 22.0. The average molecular weight is 440 g/mol. The molecule has 7 heteroatoms. The molecular formula is C24H19ClFNO4. The predicted molar refractivity (Wildman–Crippen MR) is 115 cm³/mol. The van der Waals surface area contributed by atoms with Crippen molar-refractivity contribution in [2.24, 2.45) is 5.41 Å². The zero-order valence-corrected chi connectivity index (χ0v) is 17.2. The van der Waals surface area contributed by atoms with Crippen LogP contribution in [0.1, 0.15) is 10.4 Å². The molecular weight excluding hydrogens is 421 g/mol. The van der Waals surface area contributed by atoms with Gasteiger partial charge in [0.15, 0.2) is 0 Å². The number of amides is 1. The zero-order valence-electron chi connectivity index (χ0n) is 16.4. The molecule has 0 aliphatic carbocycles. The van der Waals surface area contributed by atoms with Gasteiger partial charge in [0.05, 0.1) is 0 Å². The van der Waals surface area contributed by atoms with E-state index in [1.54, 1.807) is 12.1 Å². The minimum absolute atomic E-state index is 0.0241. The molecule has 1 amide bonds. The van der Waals surface area contributed by atoms with Gasteiger partial charge < -0.3 is 14.7 Å². The number of benzene rings is 3. The molecule has 4 rings (SSSR count). The molecule has 1 fully saturated rings. The molecule has 158 valence electrons. The van der Waals surface area contributed by atoms with Gasteiger partial charge in [0, 0.05) is 29.2 Å². The molecule has 0 atom stereocenters. The first kappa shape index (κ1) is 20.9. The van der Waals surface area contributed by atoms with Crippen molar-refractivity contribution in [2.45, 2.75) is 0 Å². The van der Waals surface area contributed by atoms with Crippen LogP contribution in [0.15, 0.2) is 72.8 Å². The van der Waals surface area contributed by atoms with Crippen LogP contribution in [0.25, 0.3) is 11.1 Å². The van der Waals surface area contributed by atoms with Crippen molar-refractivity contribution < 1.29 is 23.8 Å². The SMILES string of the molecule is O=C(c1ccc(F)cc1)N1CC(COc2ccc(-c3ccccc3Cl)cc2)(C(=O)O)C1. The van der Waals surface area contributed by atoms with Crippen molar-refractivity contribution >= 4 is 23.5 Å². The molecule has 0 unspecified atom stereocenters. The number of aliphatic carboxylic acids is 1. The molecule has 3 aromatic rings. The molecule has 1 N–H and O–H groups in total. The summed E-state index contributed by atoms with van der Waals surface area (Å²) in [5, 5.41) is 10.3. The largest absolute Gasteiger partial charge is 0.492 e. The number of carboxylic acids is 1. The first-order valence-electron chi connectivity index (χ1n) is 9.64. The van der Waals surface area contributed by atoms with Crippen LogP contribution in [-0.4, -0.2) is 41.6 Å². The number of carboxylic acid groups (broad SMARTS) is 1. The number of hydrogen-bond acceptors (Lipinski definition) is 3. The highest BCUT2D eigenvalue weighted by atomic mass is 35.5. The maximum absolute atomic E-state index is 13.1. The maximum atomic E-state index is 13.1. The molecule has 1 saturated heterocycles. The van der Waals surface area contributed by atoms with Gasteiger partial charge >= 0.3 is 5.97 Å². The van der Waals surface area contributed by atoms with Gasteiger partial charge in [0.2, 0.25) is 0 Å². The summed E-state index contributed by atoms with van der Waals surface area (Å²) in [6.45, 7) is -0.0204. The Kier molecular flexibility index (Phi) is 5.65. The van der Waals surface area contributed by atoms with Gasteiger partial charge in [-0.15, -0.1) is 0 Å². The summed E-state index contributed by atoms with van der Waals surface area (Å²) in [6, 6.07) is 19.9. The van der Waals surface area contributed by atoms with E-state index >= 15 is 0 Å². The molecule has 3 aromatic carbocycles. The first-order valence-corrected chi connectivity index (χ1v) is 10.0. The van der Waals surface area contributed by atoms with Crippen LogP contribution in [0.2, 0.25) is 5.02 Å². The number of ether oxygens (including phenoxy) is 1. The smallest absolute Gasteiger partial charge is 0.316 e. The number of halogens is 2. The topological polar surface area (TPSA) is 66.8 Å². The highest BCUT2D eigenvalue weighted by Crippen LogP contribution is 2.34. The van der Waals surface area contributed by atoms with E-state index < -0.39 is 17.2 Å². The van der Waals surface area contributed by atoms with Gasteiger partial charge in [-0.2, -0.15) is 0 Å². The van der Waals surface area contributed by atoms with E-state index in [4.69, 9.17) is 16.3 Å². The van der Waals surface area contributed by atoms with Gasteiger partial charge in [-0.3, -0.25) is 9.59 Å². The van der Waals surface area contributed by atoms with Crippen LogP contribution in [0, 0.1) is 11.2 Å². The molecule has 0 bridgehead atoms. The van der Waals surface area contributed by atoms with Crippen molar-refractivity contribution in [3.05, 3.63) is 89.2 Å². The quantitative estimate of drug-likeness (QED) is 0.601. The lowest BCUT2D eigenvalue weighted by Gasteiger charge is -2.46. The molecule has 0 spiro atoms. The van der Waals surface area contributed by atoms with E-state index in [-0.39, 0.29) is 25.6 Å². The monoisotopic (exact) mass is 439 g/mol. The van der Waals surface area contributed by atoms with Gasteiger partial charge in [0.25, 0.3) is 5.91 Å². The lowest BCUT2D eigenvalue weighted by Crippen LogP contribution is -2.64. The molecule has 0 radical (unpaired) electrons. The summed E-state index contributed by atoms with van der Waals surface area (Å²) in [4.78, 5) is 25.8. The van der Waals surface area contributed by atoms with E-state index in [9.17, 15) is 19.1 Å². The second kappa shape index (κ2) is 8.40. The van der Waals surface area contributed by atoms with Crippen molar-refractivity contribution in [3.63, 3.8) is 0 Å². The average Bonchev–Trinajstić information content (AvgIpc) is 2.74. The predicted octanol–water partition coefficient (Wildman–Crippen LogP) is 4.75. The fraction of sp³-hybridized carbons (Fsp3) is 0.167. The van der Waals surface area contributed by atoms with E-state index in [2.05, 4.69) is 0 Å². The van der Waals surface area contributed by atoms with Crippen LogP contribution in [-0.2, 0) is 4.79 Å². The van der Waals surface area contributed by atoms with Crippen molar-refractivity contribution in [1.29, 1.82) is 0 Å². The Morgan fingerprint density at radius 2 is 1.65 bits per heavy atom. The van der Waals surface area contributed by atoms with Crippen LogP contribution < -0.4 is 4.74 Å². The molecule has 1 aliphatic rings. The summed E-state index contributed by atoms with van der Waals surface area (Å²) < 4.78 is 18.8. The highest BCUT2D eigenvalue weighted by Gasteiger charge is 2.52. The van der Waals surface area contributed by atoms with E-state index in [0.717, 1.165) is 11.1 Å². The minimum atomic E-state index is -1.18. The fourth-order valence-corrected chi connectivity index (χ4v) is 3.78. The Hall–Kier alpha value is -3.38. The minimum Gasteiger partial charge on any atom is -0.492 e. The van der Waals surface area contributed by atoms with E-state index in [1.807, 2.05) is 36.4 Å². The summed E-state index contributed by atoms with van der Waals surface area (Å²) in [5.41, 5.74) is 0.950. The summed E-state index contributed by atoms with van der Waals surface area (Å²) in [5.74, 6) is -1.27. The number of nitrogens with zero attached hydrogens (tertiary/aromatic N) is 1. The van der Waals surface area contributed by atoms with Crippen LogP contribution >= 0.6 is 11.6 Å². The first-order chi connectivity index (χ1) is 14.9. The van der Waals surface area contributed by atoms with Gasteiger partial charge in [0.1, 0.15) is 23.6 Å². The van der Waals surface area contributed by atoms with Gasteiger partial charge in [-0.1, -0.05) is 41.9 Å². The number of hydrogen-bond donors (Lipinski definition) is 1. The Balaban J connectivity index is 1.40. The van der Waals surface area contributed by atoms with Crippen LogP contribution in [0.3, 0.4) is 0 Å². The second-order valence-corrected chi connectivity index (χ2v) is 7.95. The van der Waals surface area contributed by atoms with Gasteiger partial charge in [-0.05, 0) is 48.0 Å². The molecule has 5 nitrogen and oxygen atoms in total. The standard InChI is InChI=1S/C24H19ClFNO4/c25-21-4-2-1-3-20(21)16-7-11-19(12-8-16)31-15-24(23(29)30)13-27(14-24)22(28)17-5-9-18(26)10-6-17/h1-12H,13-15H2,(H,29,30).